The highest BCUT2D eigenvalue weighted by Gasteiger charge is 2.11. The highest BCUT2D eigenvalue weighted by atomic mass is 127. The number of hydrogen-bond donors (Lipinski definition) is 1. The van der Waals surface area contributed by atoms with Crippen LogP contribution in [-0.2, 0) is 0 Å². The van der Waals surface area contributed by atoms with Crippen molar-refractivity contribution in [2.45, 2.75) is 19.9 Å². The number of halogens is 2. The molecule has 0 aromatic heterocycles. The van der Waals surface area contributed by atoms with Crippen LogP contribution in [0.4, 0.5) is 10.1 Å². The van der Waals surface area contributed by atoms with Crippen molar-refractivity contribution < 1.29 is 4.39 Å². The summed E-state index contributed by atoms with van der Waals surface area (Å²) in [5.74, 6) is -0.360. The van der Waals surface area contributed by atoms with Gasteiger partial charge in [0.15, 0.2) is 0 Å². The number of anilines is 1. The van der Waals surface area contributed by atoms with Gasteiger partial charge in [0.1, 0.15) is 5.82 Å². The van der Waals surface area contributed by atoms with Gasteiger partial charge in [0.2, 0.25) is 0 Å². The smallest absolute Gasteiger partial charge is 0.129 e. The van der Waals surface area contributed by atoms with Crippen molar-refractivity contribution in [2.24, 2.45) is 0 Å². The molecule has 2 aromatic carbocycles. The average Bonchev–Trinajstić information content (AvgIpc) is 2.44. The summed E-state index contributed by atoms with van der Waals surface area (Å²) in [5, 5.41) is 12.2. The SMILES string of the molecule is Cc1c(F)cc(C#N)cc1NC(C)c1ccc(I)cc1. The first-order valence-electron chi connectivity index (χ1n) is 6.23. The predicted octanol–water partition coefficient (Wildman–Crippen LogP) is 4.78. The number of nitriles is 1. The zero-order chi connectivity index (χ0) is 14.7. The Morgan fingerprint density at radius 2 is 1.90 bits per heavy atom. The lowest BCUT2D eigenvalue weighted by Gasteiger charge is -2.18. The van der Waals surface area contributed by atoms with E-state index in [1.807, 2.05) is 37.3 Å². The van der Waals surface area contributed by atoms with E-state index in [0.29, 0.717) is 16.8 Å². The monoisotopic (exact) mass is 380 g/mol. The molecule has 0 saturated carbocycles. The quantitative estimate of drug-likeness (QED) is 0.778. The Hall–Kier alpha value is -1.61. The maximum Gasteiger partial charge on any atom is 0.129 e. The molecule has 0 fully saturated rings. The summed E-state index contributed by atoms with van der Waals surface area (Å²) in [7, 11) is 0. The van der Waals surface area contributed by atoms with Crippen LogP contribution in [0.15, 0.2) is 36.4 Å². The van der Waals surface area contributed by atoms with Gasteiger partial charge in [-0.2, -0.15) is 5.26 Å². The van der Waals surface area contributed by atoms with E-state index in [1.54, 1.807) is 13.0 Å². The number of benzene rings is 2. The van der Waals surface area contributed by atoms with Gasteiger partial charge < -0.3 is 5.32 Å². The summed E-state index contributed by atoms with van der Waals surface area (Å²) in [5.41, 5.74) is 2.63. The molecule has 0 bridgehead atoms. The van der Waals surface area contributed by atoms with Crippen LogP contribution in [-0.4, -0.2) is 0 Å². The Morgan fingerprint density at radius 1 is 1.25 bits per heavy atom. The van der Waals surface area contributed by atoms with Gasteiger partial charge in [-0.25, -0.2) is 4.39 Å². The largest absolute Gasteiger partial charge is 0.378 e. The third kappa shape index (κ3) is 3.28. The Kier molecular flexibility index (Phi) is 4.61. The Morgan fingerprint density at radius 3 is 2.50 bits per heavy atom. The predicted molar refractivity (Wildman–Crippen MR) is 87.0 cm³/mol. The third-order valence-electron chi connectivity index (χ3n) is 3.22. The fraction of sp³-hybridized carbons (Fsp3) is 0.188. The van der Waals surface area contributed by atoms with Crippen LogP contribution in [0.3, 0.4) is 0 Å². The molecule has 2 rings (SSSR count). The lowest BCUT2D eigenvalue weighted by atomic mass is 10.1. The van der Waals surface area contributed by atoms with Crippen molar-refractivity contribution in [1.82, 2.24) is 0 Å². The zero-order valence-corrected chi connectivity index (χ0v) is 13.4. The molecular formula is C16H14FIN2. The lowest BCUT2D eigenvalue weighted by molar-refractivity contribution is 0.618. The standard InChI is InChI=1S/C16H14FIN2/c1-10-15(17)7-12(9-19)8-16(10)20-11(2)13-3-5-14(18)6-4-13/h3-8,11,20H,1-2H3. The van der Waals surface area contributed by atoms with Gasteiger partial charge in [-0.15, -0.1) is 0 Å². The van der Waals surface area contributed by atoms with E-state index in [4.69, 9.17) is 5.26 Å². The van der Waals surface area contributed by atoms with Crippen LogP contribution >= 0.6 is 22.6 Å². The number of nitrogens with one attached hydrogen (secondary N) is 1. The normalized spacial score (nSPS) is 11.8. The first kappa shape index (κ1) is 14.8. The molecule has 4 heteroatoms. The molecule has 0 heterocycles. The van der Waals surface area contributed by atoms with E-state index in [1.165, 1.54) is 9.64 Å². The van der Waals surface area contributed by atoms with Crippen LogP contribution in [0.1, 0.15) is 29.7 Å². The summed E-state index contributed by atoms with van der Waals surface area (Å²) in [6.07, 6.45) is 0. The second-order valence-electron chi connectivity index (χ2n) is 4.66. The zero-order valence-electron chi connectivity index (χ0n) is 11.2. The first-order valence-corrected chi connectivity index (χ1v) is 7.31. The van der Waals surface area contributed by atoms with Crippen molar-refractivity contribution in [3.05, 3.63) is 62.5 Å². The molecule has 0 saturated heterocycles. The maximum absolute atomic E-state index is 13.7. The number of rotatable bonds is 3. The minimum Gasteiger partial charge on any atom is -0.378 e. The van der Waals surface area contributed by atoms with Crippen molar-refractivity contribution in [2.75, 3.05) is 5.32 Å². The topological polar surface area (TPSA) is 35.8 Å². The molecule has 20 heavy (non-hydrogen) atoms. The molecule has 0 aliphatic heterocycles. The molecule has 2 nitrogen and oxygen atoms in total. The van der Waals surface area contributed by atoms with Gasteiger partial charge >= 0.3 is 0 Å². The minimum atomic E-state index is -0.360. The second-order valence-corrected chi connectivity index (χ2v) is 5.91. The van der Waals surface area contributed by atoms with E-state index in [9.17, 15) is 4.39 Å². The summed E-state index contributed by atoms with van der Waals surface area (Å²) < 4.78 is 14.9. The molecule has 0 aliphatic rings. The second kappa shape index (κ2) is 6.23. The van der Waals surface area contributed by atoms with Crippen LogP contribution in [0, 0.1) is 27.6 Å². The van der Waals surface area contributed by atoms with E-state index in [0.717, 1.165) is 5.56 Å². The highest BCUT2D eigenvalue weighted by molar-refractivity contribution is 14.1. The van der Waals surface area contributed by atoms with E-state index < -0.39 is 0 Å². The number of nitrogens with zero attached hydrogens (tertiary/aromatic N) is 1. The minimum absolute atomic E-state index is 0.0408. The molecule has 0 aliphatic carbocycles. The molecule has 0 radical (unpaired) electrons. The van der Waals surface area contributed by atoms with Gasteiger partial charge in [0, 0.05) is 20.9 Å². The molecule has 0 amide bonds. The highest BCUT2D eigenvalue weighted by Crippen LogP contribution is 2.25. The van der Waals surface area contributed by atoms with Crippen LogP contribution in [0.5, 0.6) is 0 Å². The third-order valence-corrected chi connectivity index (χ3v) is 3.93. The van der Waals surface area contributed by atoms with Crippen molar-refractivity contribution in [3.8, 4) is 6.07 Å². The van der Waals surface area contributed by atoms with Gasteiger partial charge in [-0.3, -0.25) is 0 Å². The van der Waals surface area contributed by atoms with Gasteiger partial charge in [-0.1, -0.05) is 12.1 Å². The van der Waals surface area contributed by atoms with Crippen molar-refractivity contribution in [1.29, 1.82) is 5.26 Å². The van der Waals surface area contributed by atoms with Crippen LogP contribution < -0.4 is 5.32 Å². The van der Waals surface area contributed by atoms with Gasteiger partial charge in [-0.05, 0) is 66.3 Å². The van der Waals surface area contributed by atoms with Gasteiger partial charge in [0.05, 0.1) is 11.6 Å². The van der Waals surface area contributed by atoms with E-state index >= 15 is 0 Å². The fourth-order valence-electron chi connectivity index (χ4n) is 1.96. The summed E-state index contributed by atoms with van der Waals surface area (Å²) in [6.45, 7) is 3.72. The lowest BCUT2D eigenvalue weighted by Crippen LogP contribution is -2.08. The number of hydrogen-bond acceptors (Lipinski definition) is 2. The first-order chi connectivity index (χ1) is 9.51. The summed E-state index contributed by atoms with van der Waals surface area (Å²) in [6, 6.07) is 13.1. The molecule has 102 valence electrons. The Labute approximate surface area is 131 Å². The van der Waals surface area contributed by atoms with Crippen molar-refractivity contribution in [3.63, 3.8) is 0 Å². The van der Waals surface area contributed by atoms with E-state index in [2.05, 4.69) is 27.9 Å². The van der Waals surface area contributed by atoms with Crippen LogP contribution in [0.25, 0.3) is 0 Å². The fourth-order valence-corrected chi connectivity index (χ4v) is 2.32. The molecule has 1 atom stereocenters. The van der Waals surface area contributed by atoms with E-state index in [-0.39, 0.29) is 11.9 Å². The molecule has 1 N–H and O–H groups in total. The average molecular weight is 380 g/mol. The summed E-state index contributed by atoms with van der Waals surface area (Å²) >= 11 is 2.26. The van der Waals surface area contributed by atoms with Crippen molar-refractivity contribution >= 4 is 28.3 Å². The molecular weight excluding hydrogens is 366 g/mol. The Balaban J connectivity index is 2.28. The summed E-state index contributed by atoms with van der Waals surface area (Å²) in [4.78, 5) is 0. The Bertz CT molecular complexity index is 659. The molecule has 0 spiro atoms. The molecule has 2 aromatic rings. The maximum atomic E-state index is 13.7. The molecule has 1 unspecified atom stereocenters. The van der Waals surface area contributed by atoms with Crippen LogP contribution in [0.2, 0.25) is 0 Å². The van der Waals surface area contributed by atoms with Gasteiger partial charge in [0.25, 0.3) is 0 Å².